The van der Waals surface area contributed by atoms with E-state index in [0.717, 1.165) is 65.7 Å². The number of rotatable bonds is 7. The molecular formula is C24H28ClN7O2. The summed E-state index contributed by atoms with van der Waals surface area (Å²) in [6.45, 7) is 5.20. The molecular weight excluding hydrogens is 454 g/mol. The maximum absolute atomic E-state index is 9.51. The summed E-state index contributed by atoms with van der Waals surface area (Å²) in [5, 5.41) is 30.1. The standard InChI is InChI=1S/C24H28ClN7O2/c1-3-32-23-18(13-28-32)21-17(12-27-23)24(31-8-6-15(14-33)7-9-31)30-29-22(21)26-11-16-4-5-20(34-2)19(25)10-16/h4-5,10,12-13,15,33H,3,6-9,11,14H2,1-2H3,(H,26,29). The van der Waals surface area contributed by atoms with Crippen molar-refractivity contribution >= 4 is 45.0 Å². The lowest BCUT2D eigenvalue weighted by Crippen LogP contribution is -2.35. The third-order valence-corrected chi connectivity index (χ3v) is 6.83. The molecule has 4 heterocycles. The van der Waals surface area contributed by atoms with Crippen LogP contribution in [0.4, 0.5) is 11.6 Å². The fraction of sp³-hybridized carbons (Fsp3) is 0.417. The van der Waals surface area contributed by atoms with Crippen molar-refractivity contribution in [3.05, 3.63) is 41.2 Å². The highest BCUT2D eigenvalue weighted by molar-refractivity contribution is 6.32. The van der Waals surface area contributed by atoms with Gasteiger partial charge in [-0.05, 0) is 43.4 Å². The number of halogens is 1. The van der Waals surface area contributed by atoms with Crippen molar-refractivity contribution in [2.24, 2.45) is 5.92 Å². The Kier molecular flexibility index (Phi) is 6.38. The highest BCUT2D eigenvalue weighted by atomic mass is 35.5. The first-order chi connectivity index (χ1) is 16.6. The average molecular weight is 482 g/mol. The number of piperidine rings is 1. The zero-order valence-electron chi connectivity index (χ0n) is 19.3. The SMILES string of the molecule is CCn1ncc2c3c(NCc4ccc(OC)c(Cl)c4)nnc(N4CCC(CO)CC4)c3cnc21. The Labute approximate surface area is 202 Å². The van der Waals surface area contributed by atoms with Gasteiger partial charge in [0.25, 0.3) is 0 Å². The van der Waals surface area contributed by atoms with Crippen molar-refractivity contribution in [3.8, 4) is 5.75 Å². The summed E-state index contributed by atoms with van der Waals surface area (Å²) in [4.78, 5) is 6.97. The van der Waals surface area contributed by atoms with Gasteiger partial charge in [0, 0.05) is 49.8 Å². The first-order valence-corrected chi connectivity index (χ1v) is 11.9. The number of aliphatic hydroxyl groups excluding tert-OH is 1. The minimum atomic E-state index is 0.233. The van der Waals surface area contributed by atoms with Gasteiger partial charge >= 0.3 is 0 Å². The number of pyridine rings is 1. The Balaban J connectivity index is 1.55. The van der Waals surface area contributed by atoms with Crippen LogP contribution >= 0.6 is 11.6 Å². The number of aryl methyl sites for hydroxylation is 1. The number of methoxy groups -OCH3 is 1. The maximum atomic E-state index is 9.51. The minimum Gasteiger partial charge on any atom is -0.495 e. The highest BCUT2D eigenvalue weighted by Gasteiger charge is 2.24. The second-order valence-corrected chi connectivity index (χ2v) is 8.96. The third kappa shape index (κ3) is 4.10. The summed E-state index contributed by atoms with van der Waals surface area (Å²) < 4.78 is 7.14. The van der Waals surface area contributed by atoms with Gasteiger partial charge in [-0.15, -0.1) is 10.2 Å². The summed E-state index contributed by atoms with van der Waals surface area (Å²) in [5.74, 6) is 2.49. The molecule has 3 aromatic heterocycles. The Morgan fingerprint density at radius 2 is 2.00 bits per heavy atom. The second-order valence-electron chi connectivity index (χ2n) is 8.55. The Bertz CT molecular complexity index is 1320. The van der Waals surface area contributed by atoms with E-state index in [9.17, 15) is 5.11 Å². The van der Waals surface area contributed by atoms with E-state index >= 15 is 0 Å². The molecule has 1 fully saturated rings. The van der Waals surface area contributed by atoms with E-state index in [-0.39, 0.29) is 6.61 Å². The van der Waals surface area contributed by atoms with E-state index in [1.54, 1.807) is 7.11 Å². The Morgan fingerprint density at radius 3 is 2.71 bits per heavy atom. The monoisotopic (exact) mass is 481 g/mol. The molecule has 34 heavy (non-hydrogen) atoms. The largest absolute Gasteiger partial charge is 0.495 e. The first kappa shape index (κ1) is 22.6. The molecule has 4 aromatic rings. The molecule has 1 aliphatic rings. The summed E-state index contributed by atoms with van der Waals surface area (Å²) in [5.41, 5.74) is 1.83. The number of ether oxygens (including phenoxy) is 1. The van der Waals surface area contributed by atoms with Crippen LogP contribution < -0.4 is 15.0 Å². The van der Waals surface area contributed by atoms with Crippen molar-refractivity contribution in [1.82, 2.24) is 25.0 Å². The number of hydrogen-bond donors (Lipinski definition) is 2. The number of aliphatic hydroxyl groups is 1. The summed E-state index contributed by atoms with van der Waals surface area (Å²) in [7, 11) is 1.60. The normalized spacial score (nSPS) is 14.8. The van der Waals surface area contributed by atoms with Crippen LogP contribution in [0.2, 0.25) is 5.02 Å². The quantitative estimate of drug-likeness (QED) is 0.410. The molecule has 2 N–H and O–H groups in total. The Hall–Kier alpha value is -3.17. The molecule has 0 amide bonds. The molecule has 178 valence electrons. The van der Waals surface area contributed by atoms with Gasteiger partial charge in [0.15, 0.2) is 17.3 Å². The number of fused-ring (bicyclic) bond motifs is 3. The lowest BCUT2D eigenvalue weighted by atomic mass is 9.97. The zero-order valence-corrected chi connectivity index (χ0v) is 20.1. The molecule has 0 atom stereocenters. The lowest BCUT2D eigenvalue weighted by molar-refractivity contribution is 0.203. The molecule has 0 bridgehead atoms. The molecule has 1 aliphatic heterocycles. The van der Waals surface area contributed by atoms with E-state index in [1.165, 1.54) is 0 Å². The minimum absolute atomic E-state index is 0.233. The summed E-state index contributed by atoms with van der Waals surface area (Å²) in [6.07, 6.45) is 5.60. The van der Waals surface area contributed by atoms with Crippen LogP contribution in [0.25, 0.3) is 21.8 Å². The fourth-order valence-electron chi connectivity index (χ4n) is 4.57. The second kappa shape index (κ2) is 9.60. The van der Waals surface area contributed by atoms with Crippen LogP contribution in [0.3, 0.4) is 0 Å². The highest BCUT2D eigenvalue weighted by Crippen LogP contribution is 2.35. The molecule has 0 unspecified atom stereocenters. The number of nitrogens with one attached hydrogen (secondary N) is 1. The fourth-order valence-corrected chi connectivity index (χ4v) is 4.85. The lowest BCUT2D eigenvalue weighted by Gasteiger charge is -2.32. The average Bonchev–Trinajstić information content (AvgIpc) is 3.31. The van der Waals surface area contributed by atoms with Gasteiger partial charge in [-0.1, -0.05) is 17.7 Å². The van der Waals surface area contributed by atoms with Crippen LogP contribution in [-0.2, 0) is 13.1 Å². The predicted molar refractivity (Wildman–Crippen MR) is 134 cm³/mol. The van der Waals surface area contributed by atoms with Crippen molar-refractivity contribution in [2.45, 2.75) is 32.9 Å². The topological polar surface area (TPSA) is 101 Å². The van der Waals surface area contributed by atoms with Crippen molar-refractivity contribution < 1.29 is 9.84 Å². The number of benzene rings is 1. The zero-order chi connectivity index (χ0) is 23.7. The van der Waals surface area contributed by atoms with Gasteiger partial charge in [-0.25, -0.2) is 9.67 Å². The molecule has 1 aromatic carbocycles. The predicted octanol–water partition coefficient (Wildman–Crippen LogP) is 3.88. The smallest absolute Gasteiger partial charge is 0.160 e. The van der Waals surface area contributed by atoms with Crippen molar-refractivity contribution in [1.29, 1.82) is 0 Å². The van der Waals surface area contributed by atoms with Crippen LogP contribution in [-0.4, -0.2) is 56.9 Å². The number of aromatic nitrogens is 5. The first-order valence-electron chi connectivity index (χ1n) is 11.6. The Morgan fingerprint density at radius 1 is 1.18 bits per heavy atom. The van der Waals surface area contributed by atoms with Crippen LogP contribution in [0.1, 0.15) is 25.3 Å². The molecule has 0 spiro atoms. The molecule has 10 heteroatoms. The number of hydrogen-bond acceptors (Lipinski definition) is 8. The molecule has 5 rings (SSSR count). The summed E-state index contributed by atoms with van der Waals surface area (Å²) in [6, 6.07) is 5.71. The van der Waals surface area contributed by atoms with Gasteiger partial charge in [0.1, 0.15) is 5.75 Å². The molecule has 9 nitrogen and oxygen atoms in total. The van der Waals surface area contributed by atoms with Gasteiger partial charge < -0.3 is 20.1 Å². The van der Waals surface area contributed by atoms with Crippen LogP contribution in [0, 0.1) is 5.92 Å². The van der Waals surface area contributed by atoms with E-state index in [1.807, 2.05) is 42.2 Å². The van der Waals surface area contributed by atoms with Gasteiger partial charge in [-0.2, -0.15) is 5.10 Å². The molecule has 0 saturated carbocycles. The third-order valence-electron chi connectivity index (χ3n) is 6.54. The van der Waals surface area contributed by atoms with E-state index in [2.05, 4.69) is 25.5 Å². The number of anilines is 2. The summed E-state index contributed by atoms with van der Waals surface area (Å²) >= 11 is 6.31. The molecule has 1 saturated heterocycles. The number of nitrogens with zero attached hydrogens (tertiary/aromatic N) is 6. The maximum Gasteiger partial charge on any atom is 0.160 e. The molecule has 0 radical (unpaired) electrons. The van der Waals surface area contributed by atoms with Gasteiger partial charge in [0.05, 0.1) is 23.7 Å². The van der Waals surface area contributed by atoms with Crippen LogP contribution in [0.15, 0.2) is 30.6 Å². The van der Waals surface area contributed by atoms with Gasteiger partial charge in [0.2, 0.25) is 0 Å². The van der Waals surface area contributed by atoms with Gasteiger partial charge in [-0.3, -0.25) is 0 Å². The molecule has 0 aliphatic carbocycles. The van der Waals surface area contributed by atoms with Crippen LogP contribution in [0.5, 0.6) is 5.75 Å². The van der Waals surface area contributed by atoms with E-state index < -0.39 is 0 Å². The van der Waals surface area contributed by atoms with E-state index in [0.29, 0.717) is 29.1 Å². The van der Waals surface area contributed by atoms with Crippen molar-refractivity contribution in [3.63, 3.8) is 0 Å². The van der Waals surface area contributed by atoms with Crippen molar-refractivity contribution in [2.75, 3.05) is 37.0 Å². The van der Waals surface area contributed by atoms with E-state index in [4.69, 9.17) is 21.3 Å².